The van der Waals surface area contributed by atoms with Gasteiger partial charge in [0.05, 0.1) is 19.8 Å². The first-order valence-corrected chi connectivity index (χ1v) is 5.78. The highest BCUT2D eigenvalue weighted by atomic mass is 16.5. The van der Waals surface area contributed by atoms with Crippen molar-refractivity contribution in [2.45, 2.75) is 18.9 Å². The fourth-order valence-electron chi connectivity index (χ4n) is 1.65. The van der Waals surface area contributed by atoms with Gasteiger partial charge in [-0.25, -0.2) is 0 Å². The maximum Gasteiger partial charge on any atom is 0.223 e. The van der Waals surface area contributed by atoms with E-state index >= 15 is 0 Å². The first-order valence-electron chi connectivity index (χ1n) is 5.78. The van der Waals surface area contributed by atoms with Crippen LogP contribution in [0.2, 0.25) is 0 Å². The normalized spacial score (nSPS) is 11.7. The Morgan fingerprint density at radius 1 is 1.32 bits per heavy atom. The zero-order valence-corrected chi connectivity index (χ0v) is 11.0. The van der Waals surface area contributed by atoms with Gasteiger partial charge in [-0.15, -0.1) is 0 Å². The molecule has 19 heavy (non-hydrogen) atoms. The van der Waals surface area contributed by atoms with Gasteiger partial charge >= 0.3 is 0 Å². The van der Waals surface area contributed by atoms with Crippen LogP contribution in [0.25, 0.3) is 0 Å². The number of carboxylic acid groups (broad SMARTS) is 1. The molecule has 0 aromatic heterocycles. The lowest BCUT2D eigenvalue weighted by Crippen LogP contribution is -2.65. The minimum atomic E-state index is -1.19. The molecule has 3 N–H and O–H groups in total. The van der Waals surface area contributed by atoms with Gasteiger partial charge in [0.15, 0.2) is 0 Å². The predicted octanol–water partition coefficient (Wildman–Crippen LogP) is -0.973. The summed E-state index contributed by atoms with van der Waals surface area (Å²) >= 11 is 0. The Hall–Kier alpha value is -2.08. The van der Waals surface area contributed by atoms with Crippen molar-refractivity contribution in [3.8, 4) is 11.5 Å². The number of hydrogen-bond donors (Lipinski definition) is 1. The highest BCUT2D eigenvalue weighted by Crippen LogP contribution is 2.25. The lowest BCUT2D eigenvalue weighted by Gasteiger charge is -2.12. The van der Waals surface area contributed by atoms with Crippen LogP contribution in [-0.4, -0.2) is 32.0 Å². The van der Waals surface area contributed by atoms with Crippen molar-refractivity contribution in [2.75, 3.05) is 14.2 Å². The van der Waals surface area contributed by atoms with Crippen LogP contribution >= 0.6 is 0 Å². The number of Topliss-reactive ketones (excluding diaryl/α,β-unsaturated/α-hetero) is 1. The van der Waals surface area contributed by atoms with Crippen LogP contribution in [0.5, 0.6) is 11.5 Å². The molecule has 0 bridgehead atoms. The molecule has 0 radical (unpaired) electrons. The van der Waals surface area contributed by atoms with E-state index in [0.717, 1.165) is 0 Å². The first-order chi connectivity index (χ1) is 8.99. The van der Waals surface area contributed by atoms with Gasteiger partial charge in [-0.2, -0.15) is 0 Å². The van der Waals surface area contributed by atoms with Gasteiger partial charge in [0, 0.05) is 18.5 Å². The fraction of sp³-hybridized carbons (Fsp3) is 0.385. The predicted molar refractivity (Wildman–Crippen MR) is 64.8 cm³/mol. The Morgan fingerprint density at radius 2 is 2.00 bits per heavy atom. The number of ether oxygens (including phenoxy) is 2. The van der Waals surface area contributed by atoms with Gasteiger partial charge in [-0.1, -0.05) is 0 Å². The minimum absolute atomic E-state index is 0.135. The number of benzene rings is 1. The Balaban J connectivity index is 2.89. The van der Waals surface area contributed by atoms with Crippen molar-refractivity contribution < 1.29 is 29.9 Å². The third-order valence-corrected chi connectivity index (χ3v) is 2.74. The molecule has 6 heteroatoms. The second-order valence-corrected chi connectivity index (χ2v) is 4.04. The average Bonchev–Trinajstić information content (AvgIpc) is 2.42. The summed E-state index contributed by atoms with van der Waals surface area (Å²) in [6.07, 6.45) is -0.0608. The Labute approximate surface area is 111 Å². The molecule has 0 fully saturated rings. The van der Waals surface area contributed by atoms with E-state index in [9.17, 15) is 14.7 Å². The maximum atomic E-state index is 12.1. The van der Waals surface area contributed by atoms with Crippen LogP contribution in [0.4, 0.5) is 0 Å². The molecule has 1 aromatic carbocycles. The monoisotopic (exact) mass is 267 g/mol. The van der Waals surface area contributed by atoms with Crippen LogP contribution in [0.3, 0.4) is 0 Å². The summed E-state index contributed by atoms with van der Waals surface area (Å²) in [5, 5.41) is 10.4. The summed E-state index contributed by atoms with van der Waals surface area (Å²) in [5.41, 5.74) is 4.04. The molecule has 104 valence electrons. The summed E-state index contributed by atoms with van der Waals surface area (Å²) < 4.78 is 10.2. The standard InChI is InChI=1S/C13H17NO5/c1-18-8-3-4-9(11(7-8)19-2)13(17)10(14)5-6-12(15)16/h3-4,7,10H,5-6,14H2,1-2H3,(H,15,16)/t10-/m1/s1. The Morgan fingerprint density at radius 3 is 2.53 bits per heavy atom. The molecular formula is C13H17NO5. The van der Waals surface area contributed by atoms with Gasteiger partial charge < -0.3 is 25.1 Å². The van der Waals surface area contributed by atoms with Crippen molar-refractivity contribution in [3.63, 3.8) is 0 Å². The van der Waals surface area contributed by atoms with Crippen molar-refractivity contribution in [2.24, 2.45) is 0 Å². The topological polar surface area (TPSA) is 103 Å². The molecule has 0 saturated carbocycles. The molecule has 0 amide bonds. The molecule has 0 aliphatic rings. The molecular weight excluding hydrogens is 250 g/mol. The highest BCUT2D eigenvalue weighted by Gasteiger charge is 2.22. The van der Waals surface area contributed by atoms with E-state index in [1.54, 1.807) is 18.2 Å². The summed E-state index contributed by atoms with van der Waals surface area (Å²) in [6, 6.07) is 4.16. The van der Waals surface area contributed by atoms with Crippen LogP contribution in [-0.2, 0) is 4.79 Å². The number of hydrogen-bond acceptors (Lipinski definition) is 5. The lowest BCUT2D eigenvalue weighted by atomic mass is 10.00. The number of carbonyl (C=O) groups is 2. The third kappa shape index (κ3) is 3.96. The summed E-state index contributed by atoms with van der Waals surface area (Å²) in [7, 11) is 2.96. The van der Waals surface area contributed by atoms with E-state index in [4.69, 9.17) is 9.47 Å². The highest BCUT2D eigenvalue weighted by molar-refractivity contribution is 6.01. The molecule has 0 aliphatic heterocycles. The van der Waals surface area contributed by atoms with Crippen LogP contribution < -0.4 is 20.3 Å². The molecule has 0 unspecified atom stereocenters. The van der Waals surface area contributed by atoms with E-state index < -0.39 is 12.0 Å². The Bertz CT molecular complexity index is 472. The van der Waals surface area contributed by atoms with Gasteiger partial charge in [0.25, 0.3) is 0 Å². The Kier molecular flexibility index (Phi) is 5.32. The van der Waals surface area contributed by atoms with E-state index in [2.05, 4.69) is 5.73 Å². The van der Waals surface area contributed by atoms with Gasteiger partial charge in [-0.05, 0) is 18.6 Å². The second kappa shape index (κ2) is 6.75. The van der Waals surface area contributed by atoms with Gasteiger partial charge in [-0.3, -0.25) is 4.79 Å². The molecule has 1 rings (SSSR count). The van der Waals surface area contributed by atoms with Gasteiger partial charge in [0.2, 0.25) is 5.78 Å². The third-order valence-electron chi connectivity index (χ3n) is 2.74. The number of methoxy groups -OCH3 is 2. The van der Waals surface area contributed by atoms with Crippen molar-refractivity contribution in [1.82, 2.24) is 0 Å². The number of rotatable bonds is 7. The number of carbonyl (C=O) groups excluding carboxylic acids is 2. The lowest BCUT2D eigenvalue weighted by molar-refractivity contribution is -0.401. The molecule has 1 aromatic rings. The fourth-order valence-corrected chi connectivity index (χ4v) is 1.65. The number of quaternary nitrogens is 1. The molecule has 0 spiro atoms. The quantitative estimate of drug-likeness (QED) is 0.640. The smallest absolute Gasteiger partial charge is 0.223 e. The van der Waals surface area contributed by atoms with E-state index in [1.165, 1.54) is 14.2 Å². The largest absolute Gasteiger partial charge is 0.550 e. The SMILES string of the molecule is COc1ccc(C(=O)[C@H]([NH3+])CCC(=O)[O-])c(OC)c1. The second-order valence-electron chi connectivity index (χ2n) is 4.04. The minimum Gasteiger partial charge on any atom is -0.550 e. The van der Waals surface area contributed by atoms with Crippen molar-refractivity contribution in [3.05, 3.63) is 23.8 Å². The van der Waals surface area contributed by atoms with E-state index in [0.29, 0.717) is 17.1 Å². The summed E-state index contributed by atoms with van der Waals surface area (Å²) in [5.74, 6) is -0.501. The number of ketones is 1. The molecule has 0 saturated heterocycles. The zero-order valence-electron chi connectivity index (χ0n) is 11.0. The number of aliphatic carboxylic acids is 1. The zero-order chi connectivity index (χ0) is 14.4. The van der Waals surface area contributed by atoms with Crippen molar-refractivity contribution in [1.29, 1.82) is 0 Å². The molecule has 1 atom stereocenters. The maximum absolute atomic E-state index is 12.1. The first kappa shape index (κ1) is 15.0. The van der Waals surface area contributed by atoms with E-state index in [1.807, 2.05) is 0 Å². The van der Waals surface area contributed by atoms with Crippen LogP contribution in [0, 0.1) is 0 Å². The van der Waals surface area contributed by atoms with Gasteiger partial charge in [0.1, 0.15) is 17.5 Å². The van der Waals surface area contributed by atoms with E-state index in [-0.39, 0.29) is 18.6 Å². The summed E-state index contributed by atoms with van der Waals surface area (Å²) in [4.78, 5) is 22.5. The molecule has 0 heterocycles. The number of carboxylic acids is 1. The molecule has 6 nitrogen and oxygen atoms in total. The average molecular weight is 267 g/mol. The summed E-state index contributed by atoms with van der Waals surface area (Å²) in [6.45, 7) is 0. The molecule has 0 aliphatic carbocycles. The van der Waals surface area contributed by atoms with Crippen LogP contribution in [0.1, 0.15) is 23.2 Å². The van der Waals surface area contributed by atoms with Crippen LogP contribution in [0.15, 0.2) is 18.2 Å². The van der Waals surface area contributed by atoms with Crippen molar-refractivity contribution >= 4 is 11.8 Å².